The van der Waals surface area contributed by atoms with E-state index in [0.29, 0.717) is 0 Å². The fourth-order valence-electron chi connectivity index (χ4n) is 8.86. The molecular weight excluding hydrogens is 444 g/mol. The molecule has 0 radical (unpaired) electrons. The Balaban J connectivity index is 1.46. The van der Waals surface area contributed by atoms with Crippen molar-refractivity contribution >= 4 is 22.7 Å². The van der Waals surface area contributed by atoms with E-state index in [1.165, 1.54) is 96.9 Å². The lowest BCUT2D eigenvalue weighted by molar-refractivity contribution is -0.115. The van der Waals surface area contributed by atoms with Crippen molar-refractivity contribution in [3.05, 3.63) is 46.5 Å². The molecule has 6 heteroatoms. The lowest BCUT2D eigenvalue weighted by Crippen LogP contribution is -2.94. The van der Waals surface area contributed by atoms with Gasteiger partial charge in [0.2, 0.25) is 11.6 Å². The van der Waals surface area contributed by atoms with Crippen LogP contribution >= 0.6 is 0 Å². The summed E-state index contributed by atoms with van der Waals surface area (Å²) in [6.07, 6.45) is 4.96. The number of aryl methyl sites for hydroxylation is 4. The summed E-state index contributed by atoms with van der Waals surface area (Å²) in [6.45, 7) is 18.5. The summed E-state index contributed by atoms with van der Waals surface area (Å²) in [7, 11) is 0. The molecule has 6 heterocycles. The maximum Gasteiger partial charge on any atom is 0.231 e. The molecule has 0 N–H and O–H groups in total. The zero-order valence-electron chi connectivity index (χ0n) is 22.5. The Morgan fingerprint density at radius 2 is 0.667 bits per heavy atom. The zero-order chi connectivity index (χ0) is 24.4. The van der Waals surface area contributed by atoms with Gasteiger partial charge in [0.05, 0.1) is 22.7 Å². The third-order valence-corrected chi connectivity index (χ3v) is 10.4. The van der Waals surface area contributed by atoms with Crippen molar-refractivity contribution in [1.82, 2.24) is 9.80 Å². The first-order valence-electron chi connectivity index (χ1n) is 14.3. The molecule has 0 unspecified atom stereocenters. The summed E-state index contributed by atoms with van der Waals surface area (Å²) in [6, 6.07) is 10.0. The smallest absolute Gasteiger partial charge is 0.231 e. The molecule has 0 aromatic heterocycles. The van der Waals surface area contributed by atoms with Gasteiger partial charge in [-0.1, -0.05) is 0 Å². The van der Waals surface area contributed by atoms with Crippen LogP contribution in [-0.4, -0.2) is 73.7 Å². The number of benzene rings is 2. The van der Waals surface area contributed by atoms with Gasteiger partial charge in [-0.15, -0.1) is 0 Å². The van der Waals surface area contributed by atoms with Gasteiger partial charge in [0, 0.05) is 52.4 Å². The van der Waals surface area contributed by atoms with Gasteiger partial charge < -0.3 is 19.6 Å². The Hall–Kier alpha value is -2.44. The highest BCUT2D eigenvalue weighted by atomic mass is 15.8. The third kappa shape index (κ3) is 2.25. The fourth-order valence-corrected chi connectivity index (χ4v) is 8.86. The molecule has 4 saturated heterocycles. The lowest BCUT2D eigenvalue weighted by atomic mass is 9.90. The van der Waals surface area contributed by atoms with Gasteiger partial charge in [-0.3, -0.25) is 9.80 Å². The first-order chi connectivity index (χ1) is 17.5. The van der Waals surface area contributed by atoms with Crippen molar-refractivity contribution in [1.29, 1.82) is 0 Å². The minimum atomic E-state index is -0.215. The van der Waals surface area contributed by atoms with Crippen molar-refractivity contribution < 1.29 is 0 Å². The molecule has 0 spiro atoms. The molecule has 0 saturated carbocycles. The standard InChI is InChI=1S/C30H40N6/c1-21-17-25-26(18-22(21)2)34-14-6-10-31-9-5-13-33(25)29(31,34)30-32-11-7-15-35(30)27-19-23(3)24(4)20-28(27)36(30)16-8-12-32/h17-20H,5-16H2,1-4H3. The van der Waals surface area contributed by atoms with Gasteiger partial charge in [-0.05, 0) is 99.9 Å². The summed E-state index contributed by atoms with van der Waals surface area (Å²) < 4.78 is 0. The molecule has 36 heavy (non-hydrogen) atoms. The van der Waals surface area contributed by atoms with E-state index in [1.807, 2.05) is 0 Å². The van der Waals surface area contributed by atoms with Crippen LogP contribution in [0.5, 0.6) is 0 Å². The average Bonchev–Trinajstić information content (AvgIpc) is 3.31. The summed E-state index contributed by atoms with van der Waals surface area (Å²) in [5.74, 6) is -0.429. The zero-order valence-corrected chi connectivity index (χ0v) is 22.5. The molecule has 0 aliphatic carbocycles. The maximum absolute atomic E-state index is 2.90. The Morgan fingerprint density at radius 1 is 0.417 bits per heavy atom. The number of hydrogen-bond acceptors (Lipinski definition) is 6. The van der Waals surface area contributed by atoms with Gasteiger partial charge in [0.1, 0.15) is 0 Å². The largest absolute Gasteiger partial charge is 0.330 e. The molecule has 6 aliphatic rings. The van der Waals surface area contributed by atoms with E-state index >= 15 is 0 Å². The highest BCUT2D eigenvalue weighted by molar-refractivity contribution is 5.88. The van der Waals surface area contributed by atoms with Gasteiger partial charge in [0.15, 0.2) is 0 Å². The molecular formula is C30H40N6. The van der Waals surface area contributed by atoms with E-state index in [9.17, 15) is 0 Å². The minimum absolute atomic E-state index is 0.215. The number of nitrogens with zero attached hydrogens (tertiary/aromatic N) is 6. The molecule has 2 aromatic carbocycles. The minimum Gasteiger partial charge on any atom is -0.330 e. The van der Waals surface area contributed by atoms with Crippen LogP contribution in [0.2, 0.25) is 0 Å². The van der Waals surface area contributed by atoms with Gasteiger partial charge in [-0.2, -0.15) is 0 Å². The van der Waals surface area contributed by atoms with E-state index in [0.717, 1.165) is 26.2 Å². The molecule has 0 bridgehead atoms. The lowest BCUT2D eigenvalue weighted by Gasteiger charge is -2.72. The second-order valence-electron chi connectivity index (χ2n) is 12.1. The van der Waals surface area contributed by atoms with Crippen LogP contribution in [0.25, 0.3) is 0 Å². The predicted molar refractivity (Wildman–Crippen MR) is 148 cm³/mol. The highest BCUT2D eigenvalue weighted by Gasteiger charge is 2.77. The second kappa shape index (κ2) is 7.11. The first kappa shape index (κ1) is 21.6. The quantitative estimate of drug-likeness (QED) is 0.593. The predicted octanol–water partition coefficient (Wildman–Crippen LogP) is 4.40. The number of fused-ring (bicyclic) bond motifs is 6. The molecule has 0 atom stereocenters. The van der Waals surface area contributed by atoms with Crippen molar-refractivity contribution in [2.75, 3.05) is 72.0 Å². The van der Waals surface area contributed by atoms with Gasteiger partial charge in [0.25, 0.3) is 0 Å². The van der Waals surface area contributed by atoms with Crippen molar-refractivity contribution in [3.63, 3.8) is 0 Å². The SMILES string of the molecule is Cc1cc2c(cc1C)N1CCCN3CCCN2C31C12N3CCCN1c1cc(C)c(C)cc1N2CCC3. The van der Waals surface area contributed by atoms with E-state index in [1.54, 1.807) is 0 Å². The van der Waals surface area contributed by atoms with Gasteiger partial charge >= 0.3 is 0 Å². The number of anilines is 4. The van der Waals surface area contributed by atoms with Crippen molar-refractivity contribution in [3.8, 4) is 0 Å². The fraction of sp³-hybridized carbons (Fsp3) is 0.600. The molecule has 6 aliphatic heterocycles. The second-order valence-corrected chi connectivity index (χ2v) is 12.1. The molecule has 4 fully saturated rings. The topological polar surface area (TPSA) is 19.4 Å². The summed E-state index contributed by atoms with van der Waals surface area (Å²) in [4.78, 5) is 17.3. The van der Waals surface area contributed by atoms with Crippen LogP contribution < -0.4 is 19.6 Å². The molecule has 6 nitrogen and oxygen atoms in total. The van der Waals surface area contributed by atoms with Crippen LogP contribution in [0.4, 0.5) is 22.7 Å². The van der Waals surface area contributed by atoms with E-state index < -0.39 is 0 Å². The third-order valence-electron chi connectivity index (χ3n) is 10.4. The van der Waals surface area contributed by atoms with Gasteiger partial charge in [-0.25, -0.2) is 0 Å². The Labute approximate surface area is 216 Å². The Bertz CT molecular complexity index is 1090. The molecule has 190 valence electrons. The van der Waals surface area contributed by atoms with Crippen LogP contribution in [0, 0.1) is 27.7 Å². The number of rotatable bonds is 1. The van der Waals surface area contributed by atoms with E-state index in [4.69, 9.17) is 0 Å². The molecule has 2 aromatic rings. The van der Waals surface area contributed by atoms with Crippen molar-refractivity contribution in [2.24, 2.45) is 0 Å². The molecule has 8 rings (SSSR count). The summed E-state index contributed by atoms with van der Waals surface area (Å²) in [5, 5.41) is 0. The van der Waals surface area contributed by atoms with E-state index in [2.05, 4.69) is 81.4 Å². The Morgan fingerprint density at radius 3 is 0.917 bits per heavy atom. The molecule has 0 amide bonds. The summed E-state index contributed by atoms with van der Waals surface area (Å²) in [5.41, 5.74) is 11.5. The van der Waals surface area contributed by atoms with Crippen LogP contribution in [0.15, 0.2) is 24.3 Å². The summed E-state index contributed by atoms with van der Waals surface area (Å²) >= 11 is 0. The van der Waals surface area contributed by atoms with Crippen LogP contribution in [0.3, 0.4) is 0 Å². The monoisotopic (exact) mass is 484 g/mol. The normalized spacial score (nSPS) is 25.6. The Kier molecular flexibility index (Phi) is 4.27. The van der Waals surface area contributed by atoms with E-state index in [-0.39, 0.29) is 11.6 Å². The first-order valence-corrected chi connectivity index (χ1v) is 14.3. The van der Waals surface area contributed by atoms with Crippen LogP contribution in [-0.2, 0) is 0 Å². The maximum atomic E-state index is 2.90. The average molecular weight is 485 g/mol. The highest BCUT2D eigenvalue weighted by Crippen LogP contribution is 2.63. The number of hydrogen-bond donors (Lipinski definition) is 0. The van der Waals surface area contributed by atoms with Crippen LogP contribution in [0.1, 0.15) is 47.9 Å². The van der Waals surface area contributed by atoms with Crippen molar-refractivity contribution in [2.45, 2.75) is 65.0 Å².